The normalized spacial score (nSPS) is 17.9. The molecule has 0 radical (unpaired) electrons. The van der Waals surface area contributed by atoms with Crippen LogP contribution in [-0.4, -0.2) is 0 Å². The van der Waals surface area contributed by atoms with Crippen molar-refractivity contribution in [2.24, 2.45) is 5.41 Å². The van der Waals surface area contributed by atoms with Gasteiger partial charge in [0.1, 0.15) is 0 Å². The summed E-state index contributed by atoms with van der Waals surface area (Å²) >= 11 is 0. The van der Waals surface area contributed by atoms with E-state index in [2.05, 4.69) is 158 Å². The summed E-state index contributed by atoms with van der Waals surface area (Å²) in [6.07, 6.45) is 11.5. The summed E-state index contributed by atoms with van der Waals surface area (Å²) in [5, 5.41) is 9.67. The third-order valence-electron chi connectivity index (χ3n) is 11.4. The summed E-state index contributed by atoms with van der Waals surface area (Å²) in [4.78, 5) is 2.46. The second-order valence-electron chi connectivity index (χ2n) is 14.2. The monoisotopic (exact) mass is 630 g/mol. The van der Waals surface area contributed by atoms with Crippen molar-refractivity contribution >= 4 is 11.4 Å². The van der Waals surface area contributed by atoms with Gasteiger partial charge in [-0.15, -0.1) is 0 Å². The molecule has 0 saturated carbocycles. The van der Waals surface area contributed by atoms with Gasteiger partial charge in [0.05, 0.1) is 17.0 Å². The predicted octanol–water partition coefficient (Wildman–Crippen LogP) is 11.7. The van der Waals surface area contributed by atoms with Crippen LogP contribution >= 0.6 is 0 Å². The topological polar surface area (TPSA) is 27.0 Å². The summed E-state index contributed by atoms with van der Waals surface area (Å²) in [6, 6.07) is 48.5. The van der Waals surface area contributed by atoms with E-state index in [1.54, 1.807) is 5.57 Å². The van der Waals surface area contributed by atoms with Crippen molar-refractivity contribution in [2.45, 2.75) is 44.9 Å². The van der Waals surface area contributed by atoms with Crippen LogP contribution in [-0.2, 0) is 5.41 Å². The highest BCUT2D eigenvalue weighted by Gasteiger charge is 2.46. The van der Waals surface area contributed by atoms with Crippen molar-refractivity contribution in [1.29, 1.82) is 5.26 Å². The molecule has 236 valence electrons. The minimum Gasteiger partial charge on any atom is -0.314 e. The van der Waals surface area contributed by atoms with Gasteiger partial charge in [0.2, 0.25) is 0 Å². The highest BCUT2D eigenvalue weighted by atomic mass is 15.1. The van der Waals surface area contributed by atoms with Gasteiger partial charge in [0.25, 0.3) is 0 Å². The molecular weight excluding hydrogens is 593 g/mol. The second kappa shape index (κ2) is 11.2. The summed E-state index contributed by atoms with van der Waals surface area (Å²) in [7, 11) is 0. The Hall–Kier alpha value is -5.65. The quantitative estimate of drug-likeness (QED) is 0.189. The summed E-state index contributed by atoms with van der Waals surface area (Å²) in [6.45, 7) is 4.83. The Morgan fingerprint density at radius 1 is 0.653 bits per heavy atom. The lowest BCUT2D eigenvalue weighted by atomic mass is 9.67. The SMILES string of the molecule is CC1(C)C2=C(CCC(N(c3ccc(C#N)cc3)c3ccc4c(c3)C(c3ccccc3)(c3ccccc3)c3ccccc3-4)=C2)C2=C1CCC=C2. The van der Waals surface area contributed by atoms with Crippen LogP contribution in [0.25, 0.3) is 11.1 Å². The summed E-state index contributed by atoms with van der Waals surface area (Å²) in [5.74, 6) is 0. The molecule has 0 fully saturated rings. The Morgan fingerprint density at radius 3 is 2.02 bits per heavy atom. The lowest BCUT2D eigenvalue weighted by Gasteiger charge is -2.36. The predicted molar refractivity (Wildman–Crippen MR) is 201 cm³/mol. The molecule has 0 amide bonds. The van der Waals surface area contributed by atoms with Gasteiger partial charge in [-0.05, 0) is 118 Å². The maximum atomic E-state index is 9.67. The fourth-order valence-corrected chi connectivity index (χ4v) is 9.22. The van der Waals surface area contributed by atoms with E-state index in [0.717, 1.165) is 37.1 Å². The highest BCUT2D eigenvalue weighted by molar-refractivity contribution is 5.88. The van der Waals surface area contributed by atoms with Gasteiger partial charge in [-0.25, -0.2) is 0 Å². The minimum atomic E-state index is -0.472. The Kier molecular flexibility index (Phi) is 6.75. The second-order valence-corrected chi connectivity index (χ2v) is 14.2. The van der Waals surface area contributed by atoms with Gasteiger partial charge in [0.15, 0.2) is 0 Å². The van der Waals surface area contributed by atoms with Crippen LogP contribution < -0.4 is 4.90 Å². The Bertz CT molecular complexity index is 2250. The van der Waals surface area contributed by atoms with E-state index in [4.69, 9.17) is 0 Å². The Balaban J connectivity index is 1.28. The number of nitriles is 1. The lowest BCUT2D eigenvalue weighted by molar-refractivity contribution is 0.531. The van der Waals surface area contributed by atoms with Gasteiger partial charge in [-0.2, -0.15) is 5.26 Å². The molecule has 2 nitrogen and oxygen atoms in total. The third kappa shape index (κ3) is 4.32. The van der Waals surface area contributed by atoms with E-state index in [1.807, 2.05) is 12.1 Å². The molecule has 4 aliphatic carbocycles. The van der Waals surface area contributed by atoms with Gasteiger partial charge < -0.3 is 4.90 Å². The van der Waals surface area contributed by atoms with Crippen LogP contribution in [0.2, 0.25) is 0 Å². The Morgan fingerprint density at radius 2 is 1.31 bits per heavy atom. The van der Waals surface area contributed by atoms with Crippen LogP contribution in [0.15, 0.2) is 174 Å². The first-order valence-electron chi connectivity index (χ1n) is 17.5. The van der Waals surface area contributed by atoms with Crippen LogP contribution in [0.1, 0.15) is 67.3 Å². The number of fused-ring (bicyclic) bond motifs is 4. The van der Waals surface area contributed by atoms with E-state index in [-0.39, 0.29) is 5.41 Å². The lowest BCUT2D eigenvalue weighted by Crippen LogP contribution is -2.29. The van der Waals surface area contributed by atoms with Crippen molar-refractivity contribution in [3.8, 4) is 17.2 Å². The molecule has 0 aromatic heterocycles. The minimum absolute atomic E-state index is 0.00673. The molecule has 0 saturated heterocycles. The molecule has 0 heterocycles. The summed E-state index contributed by atoms with van der Waals surface area (Å²) < 4.78 is 0. The molecule has 49 heavy (non-hydrogen) atoms. The maximum absolute atomic E-state index is 9.67. The molecule has 0 bridgehead atoms. The van der Waals surface area contributed by atoms with E-state index in [1.165, 1.54) is 55.8 Å². The van der Waals surface area contributed by atoms with Gasteiger partial charge >= 0.3 is 0 Å². The zero-order valence-electron chi connectivity index (χ0n) is 28.1. The Labute approximate surface area is 289 Å². The van der Waals surface area contributed by atoms with Gasteiger partial charge in [0, 0.05) is 22.5 Å². The van der Waals surface area contributed by atoms with Crippen molar-refractivity contribution < 1.29 is 0 Å². The number of allylic oxidation sites excluding steroid dienone is 8. The molecule has 0 spiro atoms. The van der Waals surface area contributed by atoms with Gasteiger partial charge in [-0.1, -0.05) is 123 Å². The number of rotatable bonds is 5. The first-order chi connectivity index (χ1) is 24.0. The molecular formula is C47H38N2. The fraction of sp³-hybridized carbons (Fsp3) is 0.170. The first-order valence-corrected chi connectivity index (χ1v) is 17.5. The van der Waals surface area contributed by atoms with Crippen LogP contribution in [0, 0.1) is 16.7 Å². The molecule has 0 atom stereocenters. The molecule has 2 heteroatoms. The van der Waals surface area contributed by atoms with E-state index < -0.39 is 5.41 Å². The fourth-order valence-electron chi connectivity index (χ4n) is 9.22. The standard InChI is InChI=1S/C47H38N2/c1-46(2)42-19-11-9-17-38(42)40-27-25-36(29-44(40)46)49(35-23-21-32(31-48)22-24-35)37-26-28-41-39-18-10-12-20-43(39)47(45(41)30-37,33-13-5-3-6-14-33)34-15-7-4-8-16-34/h3-10,12-18,20-24,26,28-30H,11,19,25,27H2,1-2H3. The number of anilines is 2. The maximum Gasteiger partial charge on any atom is 0.0991 e. The highest BCUT2D eigenvalue weighted by Crippen LogP contribution is 2.58. The van der Waals surface area contributed by atoms with Crippen molar-refractivity contribution in [3.05, 3.63) is 201 Å². The largest absolute Gasteiger partial charge is 0.314 e. The molecule has 0 unspecified atom stereocenters. The van der Waals surface area contributed by atoms with E-state index in [0.29, 0.717) is 5.56 Å². The zero-order chi connectivity index (χ0) is 33.2. The van der Waals surface area contributed by atoms with Gasteiger partial charge in [-0.3, -0.25) is 0 Å². The van der Waals surface area contributed by atoms with Crippen molar-refractivity contribution in [2.75, 3.05) is 4.90 Å². The molecule has 5 aromatic rings. The van der Waals surface area contributed by atoms with E-state index >= 15 is 0 Å². The molecule has 9 rings (SSSR count). The number of benzene rings is 5. The number of nitrogens with zero attached hydrogens (tertiary/aromatic N) is 2. The third-order valence-corrected chi connectivity index (χ3v) is 11.4. The number of hydrogen-bond donors (Lipinski definition) is 0. The molecule has 0 aliphatic heterocycles. The van der Waals surface area contributed by atoms with Crippen molar-refractivity contribution in [1.82, 2.24) is 0 Å². The average Bonchev–Trinajstić information content (AvgIpc) is 3.58. The van der Waals surface area contributed by atoms with Crippen LogP contribution in [0.4, 0.5) is 11.4 Å². The molecule has 4 aliphatic rings. The molecule has 5 aromatic carbocycles. The molecule has 0 N–H and O–H groups in total. The summed E-state index contributed by atoms with van der Waals surface area (Å²) in [5.41, 5.74) is 17.5. The van der Waals surface area contributed by atoms with Crippen LogP contribution in [0.3, 0.4) is 0 Å². The van der Waals surface area contributed by atoms with Crippen LogP contribution in [0.5, 0.6) is 0 Å². The first kappa shape index (κ1) is 29.5. The smallest absolute Gasteiger partial charge is 0.0991 e. The van der Waals surface area contributed by atoms with Crippen molar-refractivity contribution in [3.63, 3.8) is 0 Å². The average molecular weight is 631 g/mol. The zero-order valence-corrected chi connectivity index (χ0v) is 28.1. The van der Waals surface area contributed by atoms with E-state index in [9.17, 15) is 5.26 Å². The number of hydrogen-bond acceptors (Lipinski definition) is 2.